The number of ketones is 1. The van der Waals surface area contributed by atoms with Gasteiger partial charge in [-0.1, -0.05) is 11.6 Å². The third-order valence-electron chi connectivity index (χ3n) is 5.36. The number of thiazole rings is 1. The van der Waals surface area contributed by atoms with Crippen LogP contribution in [0.25, 0.3) is 0 Å². The Bertz CT molecular complexity index is 1000. The maximum atomic E-state index is 13.4. The Labute approximate surface area is 177 Å². The molecule has 1 aromatic heterocycles. The van der Waals surface area contributed by atoms with Crippen LogP contribution < -0.4 is 10.1 Å². The molecule has 0 atom stereocenters. The van der Waals surface area contributed by atoms with E-state index in [1.54, 1.807) is 0 Å². The lowest BCUT2D eigenvalue weighted by atomic mass is 9.38. The van der Waals surface area contributed by atoms with Crippen LogP contribution in [-0.4, -0.2) is 28.8 Å². The highest BCUT2D eigenvalue weighted by atomic mass is 35.5. The molecule has 1 aromatic carbocycles. The number of hydrogen-bond donors (Lipinski definition) is 1. The van der Waals surface area contributed by atoms with Crippen LogP contribution in [0.15, 0.2) is 23.6 Å². The first kappa shape index (κ1) is 21.0. The number of benzene rings is 1. The van der Waals surface area contributed by atoms with E-state index in [-0.39, 0.29) is 40.7 Å². The fourth-order valence-corrected chi connectivity index (χ4v) is 5.12. The highest BCUT2D eigenvalue weighted by Crippen LogP contribution is 2.69. The van der Waals surface area contributed by atoms with E-state index >= 15 is 0 Å². The zero-order chi connectivity index (χ0) is 21.7. The van der Waals surface area contributed by atoms with E-state index in [0.717, 1.165) is 11.4 Å². The van der Waals surface area contributed by atoms with Crippen molar-refractivity contribution in [3.05, 3.63) is 45.1 Å². The van der Waals surface area contributed by atoms with Gasteiger partial charge in [-0.2, -0.15) is 13.2 Å². The number of halogens is 5. The molecule has 5 nitrogen and oxygen atoms in total. The van der Waals surface area contributed by atoms with Gasteiger partial charge in [-0.15, -0.1) is 11.3 Å². The molecule has 3 aliphatic rings. The molecule has 3 fully saturated rings. The van der Waals surface area contributed by atoms with Gasteiger partial charge in [0.2, 0.25) is 0 Å². The van der Waals surface area contributed by atoms with Gasteiger partial charge < -0.3 is 10.1 Å². The Kier molecular flexibility index (Phi) is 5.05. The number of alkyl halides is 3. The molecule has 2 bridgehead atoms. The summed E-state index contributed by atoms with van der Waals surface area (Å²) >= 11 is 5.97. The number of rotatable bonds is 7. The molecule has 0 aliphatic heterocycles. The van der Waals surface area contributed by atoms with E-state index in [9.17, 15) is 27.2 Å². The van der Waals surface area contributed by atoms with Crippen molar-refractivity contribution in [2.45, 2.75) is 37.4 Å². The first-order valence-electron chi connectivity index (χ1n) is 8.94. The first-order valence-corrected chi connectivity index (χ1v) is 10.2. The van der Waals surface area contributed by atoms with Gasteiger partial charge in [0.15, 0.2) is 10.8 Å². The predicted molar refractivity (Wildman–Crippen MR) is 100 cm³/mol. The molecule has 1 heterocycles. The summed E-state index contributed by atoms with van der Waals surface area (Å²) in [6.45, 7) is -0.207. The van der Waals surface area contributed by atoms with Crippen molar-refractivity contribution < 1.29 is 31.9 Å². The molecule has 30 heavy (non-hydrogen) atoms. The van der Waals surface area contributed by atoms with Crippen molar-refractivity contribution in [3.8, 4) is 5.75 Å². The molecular weight excluding hydrogens is 448 g/mol. The minimum absolute atomic E-state index is 0.0397. The highest BCUT2D eigenvalue weighted by molar-refractivity contribution is 7.09. The maximum absolute atomic E-state index is 13.4. The summed E-state index contributed by atoms with van der Waals surface area (Å²) < 4.78 is 56.5. The molecule has 1 amide bonds. The van der Waals surface area contributed by atoms with Crippen molar-refractivity contribution in [1.29, 1.82) is 0 Å². The van der Waals surface area contributed by atoms with Crippen LogP contribution in [-0.2, 0) is 11.0 Å². The summed E-state index contributed by atoms with van der Waals surface area (Å²) in [4.78, 5) is 27.7. The summed E-state index contributed by atoms with van der Waals surface area (Å²) in [5, 5.41) is 2.73. The zero-order valence-corrected chi connectivity index (χ0v) is 16.9. The van der Waals surface area contributed by atoms with Gasteiger partial charge in [-0.25, -0.2) is 9.37 Å². The number of carbonyl (C=O) groups is 2. The zero-order valence-electron chi connectivity index (χ0n) is 15.3. The van der Waals surface area contributed by atoms with Crippen molar-refractivity contribution >= 4 is 34.6 Å². The average molecular weight is 463 g/mol. The van der Waals surface area contributed by atoms with Crippen LogP contribution in [0.4, 0.5) is 17.6 Å². The Hall–Kier alpha value is -2.20. The predicted octanol–water partition coefficient (Wildman–Crippen LogP) is 4.65. The van der Waals surface area contributed by atoms with Crippen LogP contribution in [0.5, 0.6) is 5.75 Å². The lowest BCUT2D eigenvalue weighted by Gasteiger charge is -2.70. The van der Waals surface area contributed by atoms with E-state index in [1.807, 2.05) is 0 Å². The molecule has 160 valence electrons. The Morgan fingerprint density at radius 3 is 2.57 bits per heavy atom. The summed E-state index contributed by atoms with van der Waals surface area (Å²) in [5.41, 5.74) is -0.969. The number of Topliss-reactive ketones (excluding diaryl/α,β-unsaturated/α-hetero) is 1. The fraction of sp³-hybridized carbons (Fsp3) is 0.421. The van der Waals surface area contributed by atoms with E-state index in [0.29, 0.717) is 30.6 Å². The summed E-state index contributed by atoms with van der Waals surface area (Å²) in [6.07, 6.45) is -2.60. The van der Waals surface area contributed by atoms with Crippen LogP contribution in [0.3, 0.4) is 0 Å². The number of ether oxygens (including phenoxy) is 1. The number of nitrogens with zero attached hydrogens (tertiary/aromatic N) is 1. The highest BCUT2D eigenvalue weighted by Gasteiger charge is 2.68. The number of carbonyl (C=O) groups excluding carboxylic acids is 2. The van der Waals surface area contributed by atoms with Gasteiger partial charge in [0.05, 0.1) is 5.02 Å². The van der Waals surface area contributed by atoms with Crippen molar-refractivity contribution in [3.63, 3.8) is 0 Å². The molecule has 2 aromatic rings. The maximum Gasteiger partial charge on any atom is 0.443 e. The third kappa shape index (κ3) is 4.02. The van der Waals surface area contributed by atoms with Gasteiger partial charge in [0.1, 0.15) is 23.9 Å². The largest absolute Gasteiger partial charge is 0.486 e. The van der Waals surface area contributed by atoms with E-state index in [2.05, 4.69) is 10.3 Å². The van der Waals surface area contributed by atoms with Gasteiger partial charge in [0.25, 0.3) is 5.91 Å². The average Bonchev–Trinajstić information content (AvgIpc) is 3.10. The molecule has 0 saturated heterocycles. The van der Waals surface area contributed by atoms with Crippen LogP contribution in [0.2, 0.25) is 5.02 Å². The van der Waals surface area contributed by atoms with Crippen LogP contribution in [0.1, 0.15) is 41.2 Å². The minimum Gasteiger partial charge on any atom is -0.486 e. The molecule has 3 aliphatic carbocycles. The normalized spacial score (nSPS) is 24.6. The van der Waals surface area contributed by atoms with E-state index in [1.165, 1.54) is 12.1 Å². The van der Waals surface area contributed by atoms with Crippen molar-refractivity contribution in [2.24, 2.45) is 5.41 Å². The molecule has 0 spiro atoms. The Balaban J connectivity index is 1.24. The van der Waals surface area contributed by atoms with E-state index < -0.39 is 28.4 Å². The molecular formula is C19H15ClF4N2O3S. The second-order valence-corrected chi connectivity index (χ2v) is 9.15. The van der Waals surface area contributed by atoms with Crippen LogP contribution >= 0.6 is 22.9 Å². The van der Waals surface area contributed by atoms with Gasteiger partial charge >= 0.3 is 6.18 Å². The molecule has 0 radical (unpaired) electrons. The minimum atomic E-state index is -4.58. The molecule has 11 heteroatoms. The number of nitrogens with one attached hydrogen (secondary N) is 1. The standard InChI is InChI=1S/C19H15ClF4N2O3S/c20-12-2-1-11(3-13(12)21)29-5-10(27)4-17-7-18(8-17,9-17)26-15(28)14-6-30-16(25-14)19(22,23)24/h1-3,6H,4-5,7-9H2,(H,26,28). The second kappa shape index (κ2) is 7.19. The number of amides is 1. The SMILES string of the molecule is O=C(COc1ccc(Cl)c(F)c1)CC12CC(NC(=O)c3csc(C(F)(F)F)n3)(C1)C2. The molecule has 1 N–H and O–H groups in total. The number of hydrogen-bond acceptors (Lipinski definition) is 5. The van der Waals surface area contributed by atoms with Crippen LogP contribution in [0, 0.1) is 11.2 Å². The van der Waals surface area contributed by atoms with Crippen molar-refractivity contribution in [2.75, 3.05) is 6.61 Å². The summed E-state index contributed by atoms with van der Waals surface area (Å²) in [5.74, 6) is -1.23. The summed E-state index contributed by atoms with van der Waals surface area (Å²) in [7, 11) is 0. The Morgan fingerprint density at radius 1 is 1.27 bits per heavy atom. The van der Waals surface area contributed by atoms with Gasteiger partial charge in [-0.05, 0) is 36.8 Å². The second-order valence-electron chi connectivity index (χ2n) is 7.88. The van der Waals surface area contributed by atoms with Gasteiger partial charge in [0, 0.05) is 23.4 Å². The topological polar surface area (TPSA) is 68.3 Å². The lowest BCUT2D eigenvalue weighted by Crippen LogP contribution is -2.75. The third-order valence-corrected chi connectivity index (χ3v) is 6.55. The van der Waals surface area contributed by atoms with E-state index in [4.69, 9.17) is 16.3 Å². The smallest absolute Gasteiger partial charge is 0.443 e. The summed E-state index contributed by atoms with van der Waals surface area (Å²) in [6, 6.07) is 3.90. The first-order chi connectivity index (χ1) is 14.0. The quantitative estimate of drug-likeness (QED) is 0.608. The van der Waals surface area contributed by atoms with Crippen molar-refractivity contribution in [1.82, 2.24) is 10.3 Å². The monoisotopic (exact) mass is 462 g/mol. The number of aromatic nitrogens is 1. The Morgan fingerprint density at radius 2 is 1.97 bits per heavy atom. The van der Waals surface area contributed by atoms with Gasteiger partial charge in [-0.3, -0.25) is 9.59 Å². The fourth-order valence-electron chi connectivity index (χ4n) is 4.33. The molecule has 0 unspecified atom stereocenters. The molecule has 5 rings (SSSR count). The lowest BCUT2D eigenvalue weighted by molar-refractivity contribution is -0.162. The molecule has 3 saturated carbocycles.